The third-order valence-corrected chi connectivity index (χ3v) is 3.29. The van der Waals surface area contributed by atoms with Crippen molar-refractivity contribution in [1.29, 1.82) is 0 Å². The Balaban J connectivity index is 1.96. The van der Waals surface area contributed by atoms with E-state index < -0.39 is 0 Å². The summed E-state index contributed by atoms with van der Waals surface area (Å²) in [4.78, 5) is 30.2. The van der Waals surface area contributed by atoms with E-state index in [1.807, 2.05) is 0 Å². The van der Waals surface area contributed by atoms with Gasteiger partial charge in [0.2, 0.25) is 5.91 Å². The van der Waals surface area contributed by atoms with Crippen molar-refractivity contribution >= 4 is 5.91 Å². The minimum Gasteiger partial charge on any atom is -0.379 e. The molecular formula is C13H19N3O4. The molecule has 0 radical (unpaired) electrons. The average Bonchev–Trinajstić information content (AvgIpc) is 2.42. The molecule has 1 saturated heterocycles. The molecule has 7 heteroatoms. The zero-order chi connectivity index (χ0) is 14.5. The fraction of sp³-hybridized carbons (Fsp3) is 0.615. The van der Waals surface area contributed by atoms with Crippen molar-refractivity contribution in [2.24, 2.45) is 0 Å². The van der Waals surface area contributed by atoms with Crippen molar-refractivity contribution < 1.29 is 14.3 Å². The van der Waals surface area contributed by atoms with Gasteiger partial charge < -0.3 is 19.8 Å². The van der Waals surface area contributed by atoms with Crippen LogP contribution in [-0.2, 0) is 20.7 Å². The number of nitrogens with one attached hydrogen (secondary N) is 2. The Hall–Kier alpha value is -1.73. The Morgan fingerprint density at radius 2 is 2.45 bits per heavy atom. The predicted octanol–water partition coefficient (Wildman–Crippen LogP) is -0.459. The molecular weight excluding hydrogens is 262 g/mol. The van der Waals surface area contributed by atoms with E-state index in [1.54, 1.807) is 14.0 Å². The van der Waals surface area contributed by atoms with Crippen molar-refractivity contribution in [3.63, 3.8) is 0 Å². The van der Waals surface area contributed by atoms with Gasteiger partial charge in [0, 0.05) is 25.5 Å². The third kappa shape index (κ3) is 3.64. The number of hydrogen-bond acceptors (Lipinski definition) is 5. The second kappa shape index (κ2) is 6.62. The molecule has 1 fully saturated rings. The molecule has 2 N–H and O–H groups in total. The largest absolute Gasteiger partial charge is 0.379 e. The summed E-state index contributed by atoms with van der Waals surface area (Å²) in [6.07, 6.45) is 2.12. The van der Waals surface area contributed by atoms with E-state index in [2.05, 4.69) is 15.3 Å². The molecule has 7 nitrogen and oxygen atoms in total. The lowest BCUT2D eigenvalue weighted by Crippen LogP contribution is -2.50. The number of aryl methyl sites for hydroxylation is 1. The lowest BCUT2D eigenvalue weighted by atomic mass is 10.1. The molecule has 1 amide bonds. The number of methoxy groups -OCH3 is 1. The Morgan fingerprint density at radius 1 is 1.65 bits per heavy atom. The molecule has 0 unspecified atom stereocenters. The van der Waals surface area contributed by atoms with Crippen LogP contribution in [0.2, 0.25) is 0 Å². The fourth-order valence-electron chi connectivity index (χ4n) is 2.20. The van der Waals surface area contributed by atoms with Crippen LogP contribution in [0.15, 0.2) is 11.0 Å². The number of nitrogens with zero attached hydrogens (tertiary/aromatic N) is 1. The molecule has 0 aliphatic carbocycles. The number of aromatic amines is 1. The van der Waals surface area contributed by atoms with Crippen molar-refractivity contribution in [2.45, 2.75) is 31.9 Å². The molecule has 0 saturated carbocycles. The number of rotatable bonds is 4. The molecule has 1 aromatic rings. The molecule has 0 spiro atoms. The lowest BCUT2D eigenvalue weighted by molar-refractivity contribution is -0.124. The highest BCUT2D eigenvalue weighted by Gasteiger charge is 2.27. The van der Waals surface area contributed by atoms with Gasteiger partial charge in [0.05, 0.1) is 25.2 Å². The normalized spacial score (nSPS) is 22.5. The Bertz CT molecular complexity index is 529. The summed E-state index contributed by atoms with van der Waals surface area (Å²) in [6, 6.07) is -0.182. The first-order valence-electron chi connectivity index (χ1n) is 6.55. The second-order valence-corrected chi connectivity index (χ2v) is 4.81. The number of hydrogen-bond donors (Lipinski definition) is 2. The van der Waals surface area contributed by atoms with Crippen LogP contribution in [0.5, 0.6) is 0 Å². The SMILES string of the molecule is CO[C@@H]1CCOC[C@H]1NC(=O)Cc1cnc(C)[nH]c1=O. The van der Waals surface area contributed by atoms with Gasteiger partial charge >= 0.3 is 0 Å². The summed E-state index contributed by atoms with van der Waals surface area (Å²) in [5.74, 6) is 0.290. The maximum atomic E-state index is 12.0. The minimum atomic E-state index is -0.282. The van der Waals surface area contributed by atoms with Crippen LogP contribution >= 0.6 is 0 Å². The Labute approximate surface area is 116 Å². The molecule has 1 aromatic heterocycles. The highest BCUT2D eigenvalue weighted by atomic mass is 16.5. The maximum absolute atomic E-state index is 12.0. The van der Waals surface area contributed by atoms with Crippen molar-refractivity contribution in [2.75, 3.05) is 20.3 Å². The number of H-pyrrole nitrogens is 1. The summed E-state index contributed by atoms with van der Waals surface area (Å²) in [5, 5.41) is 2.84. The Kier molecular flexibility index (Phi) is 4.86. The lowest BCUT2D eigenvalue weighted by Gasteiger charge is -2.30. The van der Waals surface area contributed by atoms with Gasteiger partial charge in [0.1, 0.15) is 5.82 Å². The molecule has 0 aromatic carbocycles. The van der Waals surface area contributed by atoms with Crippen LogP contribution in [-0.4, -0.2) is 48.3 Å². The quantitative estimate of drug-likeness (QED) is 0.779. The van der Waals surface area contributed by atoms with Gasteiger partial charge in [-0.3, -0.25) is 9.59 Å². The van der Waals surface area contributed by atoms with E-state index in [4.69, 9.17) is 9.47 Å². The predicted molar refractivity (Wildman–Crippen MR) is 71.5 cm³/mol. The number of carbonyl (C=O) groups excluding carboxylic acids is 1. The van der Waals surface area contributed by atoms with E-state index >= 15 is 0 Å². The summed E-state index contributed by atoms with van der Waals surface area (Å²) < 4.78 is 10.6. The van der Waals surface area contributed by atoms with Crippen LogP contribution < -0.4 is 10.9 Å². The fourth-order valence-corrected chi connectivity index (χ4v) is 2.20. The summed E-state index contributed by atoms with van der Waals surface area (Å²) in [6.45, 7) is 2.74. The number of aromatic nitrogens is 2. The molecule has 20 heavy (non-hydrogen) atoms. The van der Waals surface area contributed by atoms with Crippen LogP contribution in [0, 0.1) is 6.92 Å². The zero-order valence-electron chi connectivity index (χ0n) is 11.6. The van der Waals surface area contributed by atoms with Crippen molar-refractivity contribution in [3.8, 4) is 0 Å². The third-order valence-electron chi connectivity index (χ3n) is 3.29. The molecule has 2 heterocycles. The van der Waals surface area contributed by atoms with Crippen LogP contribution in [0.4, 0.5) is 0 Å². The van der Waals surface area contributed by atoms with Gasteiger partial charge in [0.25, 0.3) is 5.56 Å². The summed E-state index contributed by atoms with van der Waals surface area (Å²) >= 11 is 0. The van der Waals surface area contributed by atoms with Gasteiger partial charge in [-0.1, -0.05) is 0 Å². The highest BCUT2D eigenvalue weighted by Crippen LogP contribution is 2.11. The maximum Gasteiger partial charge on any atom is 0.254 e. The Morgan fingerprint density at radius 3 is 3.15 bits per heavy atom. The van der Waals surface area contributed by atoms with Crippen LogP contribution in [0.3, 0.4) is 0 Å². The standard InChI is InChI=1S/C13H19N3O4/c1-8-14-6-9(13(18)15-8)5-12(17)16-10-7-20-4-3-11(10)19-2/h6,10-11H,3-5,7H2,1-2H3,(H,16,17)(H,14,15,18)/t10-,11-/m1/s1. The van der Waals surface area contributed by atoms with E-state index in [-0.39, 0.29) is 30.0 Å². The molecule has 1 aliphatic heterocycles. The van der Waals surface area contributed by atoms with Crippen molar-refractivity contribution in [3.05, 3.63) is 27.9 Å². The van der Waals surface area contributed by atoms with E-state index in [9.17, 15) is 9.59 Å². The van der Waals surface area contributed by atoms with Gasteiger partial charge in [-0.05, 0) is 13.3 Å². The second-order valence-electron chi connectivity index (χ2n) is 4.81. The topological polar surface area (TPSA) is 93.3 Å². The van der Waals surface area contributed by atoms with E-state index in [0.717, 1.165) is 6.42 Å². The summed E-state index contributed by atoms with van der Waals surface area (Å²) in [5.41, 5.74) is 0.0645. The monoisotopic (exact) mass is 281 g/mol. The number of amides is 1. The van der Waals surface area contributed by atoms with Gasteiger partial charge in [-0.25, -0.2) is 4.98 Å². The molecule has 110 valence electrons. The summed E-state index contributed by atoms with van der Waals surface area (Å²) in [7, 11) is 1.61. The minimum absolute atomic E-state index is 0.00442. The first-order chi connectivity index (χ1) is 9.60. The van der Waals surface area contributed by atoms with Crippen LogP contribution in [0.25, 0.3) is 0 Å². The van der Waals surface area contributed by atoms with Gasteiger partial charge in [-0.2, -0.15) is 0 Å². The van der Waals surface area contributed by atoms with E-state index in [1.165, 1.54) is 6.20 Å². The van der Waals surface area contributed by atoms with Gasteiger partial charge in [-0.15, -0.1) is 0 Å². The number of carbonyl (C=O) groups is 1. The first-order valence-corrected chi connectivity index (χ1v) is 6.55. The zero-order valence-corrected chi connectivity index (χ0v) is 11.6. The van der Waals surface area contributed by atoms with Crippen molar-refractivity contribution in [1.82, 2.24) is 15.3 Å². The first kappa shape index (κ1) is 14.7. The molecule has 2 rings (SSSR count). The smallest absolute Gasteiger partial charge is 0.254 e. The highest BCUT2D eigenvalue weighted by molar-refractivity contribution is 5.78. The molecule has 2 atom stereocenters. The van der Waals surface area contributed by atoms with Crippen LogP contribution in [0.1, 0.15) is 17.8 Å². The molecule has 1 aliphatic rings. The average molecular weight is 281 g/mol. The molecule has 0 bridgehead atoms. The number of ether oxygens (including phenoxy) is 2. The van der Waals surface area contributed by atoms with Gasteiger partial charge in [0.15, 0.2) is 0 Å². The van der Waals surface area contributed by atoms with E-state index in [0.29, 0.717) is 24.6 Å².